The van der Waals surface area contributed by atoms with Crippen molar-refractivity contribution in [2.75, 3.05) is 18.8 Å². The maximum Gasteiger partial charge on any atom is 0.320 e. The first-order valence-electron chi connectivity index (χ1n) is 6.03. The Morgan fingerprint density at radius 3 is 2.59 bits per heavy atom. The van der Waals surface area contributed by atoms with E-state index in [1.54, 1.807) is 18.7 Å². The molecule has 1 heterocycles. The van der Waals surface area contributed by atoms with E-state index in [4.69, 9.17) is 5.11 Å². The zero-order chi connectivity index (χ0) is 13.1. The summed E-state index contributed by atoms with van der Waals surface area (Å²) in [4.78, 5) is 12.8. The van der Waals surface area contributed by atoms with Crippen LogP contribution < -0.4 is 0 Å². The molecular weight excluding hydrogens is 242 g/mol. The zero-order valence-corrected chi connectivity index (χ0v) is 11.2. The molecule has 0 radical (unpaired) electrons. The highest BCUT2D eigenvalue weighted by atomic mass is 32.2. The molecule has 1 aliphatic rings. The van der Waals surface area contributed by atoms with Crippen LogP contribution in [-0.4, -0.2) is 54.5 Å². The van der Waals surface area contributed by atoms with Crippen LogP contribution in [0.25, 0.3) is 0 Å². The quantitative estimate of drug-likeness (QED) is 0.792. The van der Waals surface area contributed by atoms with Gasteiger partial charge in [-0.2, -0.15) is 0 Å². The molecule has 0 amide bonds. The van der Waals surface area contributed by atoms with E-state index in [1.807, 2.05) is 0 Å². The van der Waals surface area contributed by atoms with E-state index < -0.39 is 27.1 Å². The summed E-state index contributed by atoms with van der Waals surface area (Å²) in [5.74, 6) is -0.791. The first kappa shape index (κ1) is 14.4. The molecule has 17 heavy (non-hydrogen) atoms. The fraction of sp³-hybridized carbons (Fsp3) is 0.909. The summed E-state index contributed by atoms with van der Waals surface area (Å²) in [6.07, 6.45) is 2.48. The van der Waals surface area contributed by atoms with Crippen molar-refractivity contribution in [2.45, 2.75) is 44.4 Å². The van der Waals surface area contributed by atoms with Crippen molar-refractivity contribution >= 4 is 15.8 Å². The molecule has 0 aromatic rings. The number of rotatable bonds is 5. The molecule has 0 aromatic heterocycles. The van der Waals surface area contributed by atoms with Gasteiger partial charge in [-0.1, -0.05) is 6.42 Å². The van der Waals surface area contributed by atoms with Crippen LogP contribution in [0.3, 0.4) is 0 Å². The fourth-order valence-corrected chi connectivity index (χ4v) is 2.98. The van der Waals surface area contributed by atoms with Crippen molar-refractivity contribution < 1.29 is 18.3 Å². The number of carboxylic acids is 1. The first-order chi connectivity index (χ1) is 7.84. The number of hydrogen-bond acceptors (Lipinski definition) is 4. The molecule has 0 spiro atoms. The topological polar surface area (TPSA) is 74.7 Å². The van der Waals surface area contributed by atoms with Gasteiger partial charge in [-0.25, -0.2) is 8.42 Å². The maximum atomic E-state index is 11.7. The molecule has 1 aliphatic heterocycles. The van der Waals surface area contributed by atoms with Gasteiger partial charge in [0.1, 0.15) is 6.04 Å². The van der Waals surface area contributed by atoms with E-state index in [0.29, 0.717) is 19.5 Å². The predicted octanol–water partition coefficient (Wildman–Crippen LogP) is 0.749. The normalized spacial score (nSPS) is 22.9. The summed E-state index contributed by atoms with van der Waals surface area (Å²) in [5.41, 5.74) is 0. The summed E-state index contributed by atoms with van der Waals surface area (Å²) < 4.78 is 23.4. The molecule has 1 rings (SSSR count). The molecular formula is C11H21NO4S. The van der Waals surface area contributed by atoms with Gasteiger partial charge in [-0.05, 0) is 33.2 Å². The first-order valence-corrected chi connectivity index (χ1v) is 7.74. The monoisotopic (exact) mass is 263 g/mol. The fourth-order valence-electron chi connectivity index (χ4n) is 2.02. The number of hydrogen-bond donors (Lipinski definition) is 1. The molecule has 1 unspecified atom stereocenters. The van der Waals surface area contributed by atoms with Crippen molar-refractivity contribution in [1.82, 2.24) is 4.90 Å². The summed E-state index contributed by atoms with van der Waals surface area (Å²) in [7, 11) is -3.08. The maximum absolute atomic E-state index is 11.7. The van der Waals surface area contributed by atoms with Gasteiger partial charge >= 0.3 is 5.97 Å². The van der Waals surface area contributed by atoms with Gasteiger partial charge in [0.05, 0.1) is 11.0 Å². The number of aliphatic carboxylic acids is 1. The highest BCUT2D eigenvalue weighted by Gasteiger charge is 2.29. The molecule has 1 saturated heterocycles. The lowest BCUT2D eigenvalue weighted by Crippen LogP contribution is -2.46. The Hall–Kier alpha value is -0.620. The number of likely N-dealkylation sites (tertiary alicyclic amines) is 1. The van der Waals surface area contributed by atoms with Gasteiger partial charge < -0.3 is 5.11 Å². The van der Waals surface area contributed by atoms with Crippen molar-refractivity contribution in [1.29, 1.82) is 0 Å². The van der Waals surface area contributed by atoms with E-state index in [0.717, 1.165) is 12.8 Å². The summed E-state index contributed by atoms with van der Waals surface area (Å²) in [6, 6.07) is -0.508. The number of nitrogens with zero attached hydrogens (tertiary/aromatic N) is 1. The second-order valence-electron chi connectivity index (χ2n) is 4.80. The zero-order valence-electron chi connectivity index (χ0n) is 10.4. The van der Waals surface area contributed by atoms with Crippen LogP contribution in [0.15, 0.2) is 0 Å². The lowest BCUT2D eigenvalue weighted by molar-refractivity contribution is -0.144. The Morgan fingerprint density at radius 2 is 2.06 bits per heavy atom. The van der Waals surface area contributed by atoms with Crippen molar-refractivity contribution in [3.63, 3.8) is 0 Å². The third-order valence-electron chi connectivity index (χ3n) is 3.28. The smallest absolute Gasteiger partial charge is 0.320 e. The Labute approximate surface area is 103 Å². The minimum Gasteiger partial charge on any atom is -0.480 e. The van der Waals surface area contributed by atoms with Crippen LogP contribution in [0.4, 0.5) is 0 Å². The van der Waals surface area contributed by atoms with Gasteiger partial charge in [0.25, 0.3) is 0 Å². The van der Waals surface area contributed by atoms with E-state index in [1.165, 1.54) is 0 Å². The number of piperidine rings is 1. The third kappa shape index (κ3) is 3.96. The summed E-state index contributed by atoms with van der Waals surface area (Å²) in [5, 5.41) is 8.66. The standard InChI is InChI=1S/C11H21NO4S/c1-9(2)17(15,16)8-7-12-6-4-3-5-10(12)11(13)14/h9-10H,3-8H2,1-2H3,(H,13,14). The molecule has 1 fully saturated rings. The predicted molar refractivity (Wildman–Crippen MR) is 65.8 cm³/mol. The minimum atomic E-state index is -3.08. The van der Waals surface area contributed by atoms with Crippen molar-refractivity contribution in [2.24, 2.45) is 0 Å². The minimum absolute atomic E-state index is 0.0500. The molecule has 100 valence electrons. The Morgan fingerprint density at radius 1 is 1.41 bits per heavy atom. The Bertz CT molecular complexity index is 364. The van der Waals surface area contributed by atoms with E-state index in [-0.39, 0.29) is 5.75 Å². The number of carboxylic acid groups (broad SMARTS) is 1. The second-order valence-corrected chi connectivity index (χ2v) is 7.48. The largest absolute Gasteiger partial charge is 0.480 e. The Kier molecular flexibility index (Phi) is 4.94. The van der Waals surface area contributed by atoms with E-state index in [2.05, 4.69) is 0 Å². The van der Waals surface area contributed by atoms with Gasteiger partial charge in [-0.3, -0.25) is 9.69 Å². The average Bonchev–Trinajstić information content (AvgIpc) is 2.26. The lowest BCUT2D eigenvalue weighted by atomic mass is 10.0. The molecule has 0 aromatic carbocycles. The third-order valence-corrected chi connectivity index (χ3v) is 5.47. The van der Waals surface area contributed by atoms with Gasteiger partial charge in [-0.15, -0.1) is 0 Å². The number of sulfone groups is 1. The molecule has 5 nitrogen and oxygen atoms in total. The van der Waals surface area contributed by atoms with Crippen LogP contribution in [0.2, 0.25) is 0 Å². The molecule has 0 aliphatic carbocycles. The Balaban J connectivity index is 2.58. The summed E-state index contributed by atoms with van der Waals surface area (Å²) >= 11 is 0. The van der Waals surface area contributed by atoms with E-state index in [9.17, 15) is 13.2 Å². The van der Waals surface area contributed by atoms with Crippen LogP contribution in [0.5, 0.6) is 0 Å². The summed E-state index contributed by atoms with van der Waals surface area (Å²) in [6.45, 7) is 4.32. The van der Waals surface area contributed by atoms with Gasteiger partial charge in [0.15, 0.2) is 9.84 Å². The second kappa shape index (κ2) is 5.82. The number of carbonyl (C=O) groups is 1. The van der Waals surface area contributed by atoms with Crippen molar-refractivity contribution in [3.05, 3.63) is 0 Å². The van der Waals surface area contributed by atoms with Crippen LogP contribution in [-0.2, 0) is 14.6 Å². The SMILES string of the molecule is CC(C)S(=O)(=O)CCN1CCCCC1C(=O)O. The van der Waals surface area contributed by atoms with Crippen LogP contribution in [0.1, 0.15) is 33.1 Å². The molecule has 1 N–H and O–H groups in total. The molecule has 0 saturated carbocycles. The highest BCUT2D eigenvalue weighted by Crippen LogP contribution is 2.17. The van der Waals surface area contributed by atoms with Gasteiger partial charge in [0.2, 0.25) is 0 Å². The highest BCUT2D eigenvalue weighted by molar-refractivity contribution is 7.92. The van der Waals surface area contributed by atoms with E-state index >= 15 is 0 Å². The molecule has 0 bridgehead atoms. The average molecular weight is 263 g/mol. The van der Waals surface area contributed by atoms with Crippen LogP contribution in [0, 0.1) is 0 Å². The lowest BCUT2D eigenvalue weighted by Gasteiger charge is -2.32. The molecule has 1 atom stereocenters. The van der Waals surface area contributed by atoms with Crippen molar-refractivity contribution in [3.8, 4) is 0 Å². The molecule has 6 heteroatoms. The van der Waals surface area contributed by atoms with Gasteiger partial charge in [0, 0.05) is 6.54 Å². The van der Waals surface area contributed by atoms with Crippen LogP contribution >= 0.6 is 0 Å².